The molecule has 1 aliphatic rings. The lowest BCUT2D eigenvalue weighted by atomic mass is 10.1. The maximum atomic E-state index is 12.7. The first-order valence-electron chi connectivity index (χ1n) is 9.32. The smallest absolute Gasteiger partial charge is 0.222 e. The SMILES string of the molecule is COCCN(C(=O)CCCCc1nc2ccccc2s1)C1CCS(=O)(=O)C1. The zero-order chi connectivity index (χ0) is 19.3. The molecule has 3 rings (SSSR count). The van der Waals surface area contributed by atoms with E-state index in [1.165, 1.54) is 4.70 Å². The van der Waals surface area contributed by atoms with Crippen LogP contribution < -0.4 is 0 Å². The Morgan fingerprint density at radius 2 is 2.15 bits per heavy atom. The van der Waals surface area contributed by atoms with Crippen molar-refractivity contribution < 1.29 is 17.9 Å². The number of aryl methyl sites for hydroxylation is 1. The topological polar surface area (TPSA) is 76.6 Å². The standard InChI is InChI=1S/C19H26N2O4S2/c1-25-12-11-21(15-10-13-27(23,24)14-15)19(22)9-5-4-8-18-20-16-6-2-3-7-17(16)26-18/h2-3,6-7,15H,4-5,8-14H2,1H3. The van der Waals surface area contributed by atoms with E-state index in [2.05, 4.69) is 11.1 Å². The number of para-hydroxylation sites is 1. The van der Waals surface area contributed by atoms with Crippen LogP contribution in [0.1, 0.15) is 30.7 Å². The number of sulfone groups is 1. The summed E-state index contributed by atoms with van der Waals surface area (Å²) in [5, 5.41) is 1.10. The number of carbonyl (C=O) groups excluding carboxylic acids is 1. The number of hydrogen-bond acceptors (Lipinski definition) is 6. The lowest BCUT2D eigenvalue weighted by Gasteiger charge is -2.28. The fraction of sp³-hybridized carbons (Fsp3) is 0.579. The molecule has 1 aliphatic heterocycles. The molecule has 0 bridgehead atoms. The van der Waals surface area contributed by atoms with E-state index in [9.17, 15) is 13.2 Å². The molecular weight excluding hydrogens is 384 g/mol. The largest absolute Gasteiger partial charge is 0.383 e. The van der Waals surface area contributed by atoms with Gasteiger partial charge < -0.3 is 9.64 Å². The summed E-state index contributed by atoms with van der Waals surface area (Å²) in [7, 11) is -1.43. The number of carbonyl (C=O) groups is 1. The summed E-state index contributed by atoms with van der Waals surface area (Å²) >= 11 is 1.70. The minimum atomic E-state index is -3.01. The van der Waals surface area contributed by atoms with Crippen LogP contribution in [0.5, 0.6) is 0 Å². The molecule has 27 heavy (non-hydrogen) atoms. The third-order valence-corrected chi connectivity index (χ3v) is 7.72. The fourth-order valence-corrected chi connectivity index (χ4v) is 6.18. The highest BCUT2D eigenvalue weighted by Crippen LogP contribution is 2.23. The second-order valence-electron chi connectivity index (χ2n) is 6.92. The molecule has 1 atom stereocenters. The van der Waals surface area contributed by atoms with Crippen molar-refractivity contribution in [3.8, 4) is 0 Å². The Kier molecular flexibility index (Phi) is 6.83. The van der Waals surface area contributed by atoms with Crippen LogP contribution in [-0.2, 0) is 25.8 Å². The first kappa shape index (κ1) is 20.2. The molecule has 1 aromatic carbocycles. The number of hydrogen-bond donors (Lipinski definition) is 0. The van der Waals surface area contributed by atoms with E-state index < -0.39 is 9.84 Å². The Balaban J connectivity index is 1.49. The Morgan fingerprint density at radius 1 is 1.33 bits per heavy atom. The second kappa shape index (κ2) is 9.12. The quantitative estimate of drug-likeness (QED) is 0.594. The molecule has 2 aromatic rings. The number of unbranched alkanes of at least 4 members (excludes halogenated alkanes) is 1. The van der Waals surface area contributed by atoms with Crippen LogP contribution >= 0.6 is 11.3 Å². The van der Waals surface area contributed by atoms with Gasteiger partial charge in [-0.2, -0.15) is 0 Å². The van der Waals surface area contributed by atoms with E-state index >= 15 is 0 Å². The molecule has 1 unspecified atom stereocenters. The third kappa shape index (κ3) is 5.49. The first-order chi connectivity index (χ1) is 13.0. The van der Waals surface area contributed by atoms with Gasteiger partial charge in [-0.05, 0) is 37.8 Å². The predicted molar refractivity (Wildman–Crippen MR) is 108 cm³/mol. The molecule has 1 saturated heterocycles. The molecule has 2 heterocycles. The van der Waals surface area contributed by atoms with Gasteiger partial charge in [0.05, 0.1) is 33.3 Å². The lowest BCUT2D eigenvalue weighted by molar-refractivity contribution is -0.133. The van der Waals surface area contributed by atoms with Crippen molar-refractivity contribution >= 4 is 37.3 Å². The molecule has 1 fully saturated rings. The molecule has 0 spiro atoms. The number of aromatic nitrogens is 1. The average molecular weight is 411 g/mol. The second-order valence-corrected chi connectivity index (χ2v) is 10.3. The molecule has 0 N–H and O–H groups in total. The van der Waals surface area contributed by atoms with Crippen molar-refractivity contribution in [2.45, 2.75) is 38.1 Å². The van der Waals surface area contributed by atoms with Crippen molar-refractivity contribution in [1.29, 1.82) is 0 Å². The fourth-order valence-electron chi connectivity index (χ4n) is 3.44. The first-order valence-corrected chi connectivity index (χ1v) is 12.0. The number of amides is 1. The van der Waals surface area contributed by atoms with Crippen molar-refractivity contribution in [2.24, 2.45) is 0 Å². The number of thiazole rings is 1. The highest BCUT2D eigenvalue weighted by molar-refractivity contribution is 7.91. The Labute approximate surface area is 164 Å². The van der Waals surface area contributed by atoms with Crippen LogP contribution in [0.15, 0.2) is 24.3 Å². The molecule has 8 heteroatoms. The number of ether oxygens (including phenoxy) is 1. The van der Waals surface area contributed by atoms with Crippen molar-refractivity contribution in [1.82, 2.24) is 9.88 Å². The van der Waals surface area contributed by atoms with Gasteiger partial charge in [0, 0.05) is 26.1 Å². The minimum absolute atomic E-state index is 0.0263. The molecular formula is C19H26N2O4S2. The summed E-state index contributed by atoms with van der Waals surface area (Å²) in [5.41, 5.74) is 1.03. The van der Waals surface area contributed by atoms with Gasteiger partial charge in [0.2, 0.25) is 5.91 Å². The number of methoxy groups -OCH3 is 1. The summed E-state index contributed by atoms with van der Waals surface area (Å²) in [5.74, 6) is 0.277. The normalized spacial score (nSPS) is 18.8. The molecule has 1 amide bonds. The predicted octanol–water partition coefficient (Wildman–Crippen LogP) is 2.67. The Morgan fingerprint density at radius 3 is 2.85 bits per heavy atom. The molecule has 0 saturated carbocycles. The molecule has 6 nitrogen and oxygen atoms in total. The van der Waals surface area contributed by atoms with E-state index in [-0.39, 0.29) is 23.5 Å². The van der Waals surface area contributed by atoms with Gasteiger partial charge in [0.1, 0.15) is 0 Å². The lowest BCUT2D eigenvalue weighted by Crippen LogP contribution is -2.43. The van der Waals surface area contributed by atoms with E-state index in [4.69, 9.17) is 4.74 Å². The maximum Gasteiger partial charge on any atom is 0.222 e. The summed E-state index contributed by atoms with van der Waals surface area (Å²) in [6, 6.07) is 7.89. The van der Waals surface area contributed by atoms with Crippen LogP contribution in [0.3, 0.4) is 0 Å². The van der Waals surface area contributed by atoms with Crippen LogP contribution in [0.4, 0.5) is 0 Å². The van der Waals surface area contributed by atoms with Crippen LogP contribution in [0.2, 0.25) is 0 Å². The minimum Gasteiger partial charge on any atom is -0.383 e. The number of rotatable bonds is 9. The zero-order valence-corrected chi connectivity index (χ0v) is 17.2. The van der Waals surface area contributed by atoms with Gasteiger partial charge in [0.25, 0.3) is 0 Å². The molecule has 0 radical (unpaired) electrons. The highest BCUT2D eigenvalue weighted by Gasteiger charge is 2.34. The van der Waals surface area contributed by atoms with Gasteiger partial charge in [-0.3, -0.25) is 4.79 Å². The van der Waals surface area contributed by atoms with Crippen molar-refractivity contribution in [3.63, 3.8) is 0 Å². The van der Waals surface area contributed by atoms with Gasteiger partial charge in [0.15, 0.2) is 9.84 Å². The van der Waals surface area contributed by atoms with Gasteiger partial charge >= 0.3 is 0 Å². The Hall–Kier alpha value is -1.51. The van der Waals surface area contributed by atoms with E-state index in [1.54, 1.807) is 23.3 Å². The van der Waals surface area contributed by atoms with E-state index in [0.717, 1.165) is 29.8 Å². The average Bonchev–Trinajstić information content (AvgIpc) is 3.21. The van der Waals surface area contributed by atoms with Crippen LogP contribution in [0, 0.1) is 0 Å². The van der Waals surface area contributed by atoms with Gasteiger partial charge in [-0.1, -0.05) is 12.1 Å². The summed E-state index contributed by atoms with van der Waals surface area (Å²) in [4.78, 5) is 19.0. The molecule has 1 aromatic heterocycles. The molecule has 0 aliphatic carbocycles. The summed E-state index contributed by atoms with van der Waals surface area (Å²) < 4.78 is 29.8. The van der Waals surface area contributed by atoms with E-state index in [1.807, 2.05) is 18.2 Å². The highest BCUT2D eigenvalue weighted by atomic mass is 32.2. The summed E-state index contributed by atoms with van der Waals surface area (Å²) in [6.07, 6.45) is 3.50. The monoisotopic (exact) mass is 410 g/mol. The third-order valence-electron chi connectivity index (χ3n) is 4.88. The Bertz CT molecular complexity index is 846. The van der Waals surface area contributed by atoms with Crippen LogP contribution in [-0.4, -0.2) is 62.0 Å². The zero-order valence-electron chi connectivity index (χ0n) is 15.6. The number of fused-ring (bicyclic) bond motifs is 1. The molecule has 148 valence electrons. The van der Waals surface area contributed by atoms with Crippen molar-refractivity contribution in [2.75, 3.05) is 31.8 Å². The number of benzene rings is 1. The maximum absolute atomic E-state index is 12.7. The number of nitrogens with zero attached hydrogens (tertiary/aromatic N) is 2. The van der Waals surface area contributed by atoms with Crippen molar-refractivity contribution in [3.05, 3.63) is 29.3 Å². The van der Waals surface area contributed by atoms with Gasteiger partial charge in [-0.15, -0.1) is 11.3 Å². The summed E-state index contributed by atoms with van der Waals surface area (Å²) in [6.45, 7) is 0.876. The van der Waals surface area contributed by atoms with E-state index in [0.29, 0.717) is 26.0 Å². The van der Waals surface area contributed by atoms with Crippen LogP contribution in [0.25, 0.3) is 10.2 Å². The van der Waals surface area contributed by atoms with Gasteiger partial charge in [-0.25, -0.2) is 13.4 Å².